The molecule has 3 rings (SSSR count). The van der Waals surface area contributed by atoms with Crippen LogP contribution >= 0.6 is 0 Å². The summed E-state index contributed by atoms with van der Waals surface area (Å²) in [6, 6.07) is 0. The van der Waals surface area contributed by atoms with Crippen LogP contribution < -0.4 is 16.2 Å². The molecule has 80 valence electrons. The second-order valence-corrected chi connectivity index (χ2v) is 4.38. The Balaban J connectivity index is 1.79. The molecule has 1 aromatic rings. The summed E-state index contributed by atoms with van der Waals surface area (Å²) in [6.07, 6.45) is 10.2. The molecule has 5 nitrogen and oxygen atoms in total. The van der Waals surface area contributed by atoms with Crippen molar-refractivity contribution in [3.63, 3.8) is 0 Å². The molecule has 0 saturated heterocycles. The first kappa shape index (κ1) is 8.94. The maximum atomic E-state index is 6.23. The van der Waals surface area contributed by atoms with Gasteiger partial charge >= 0.3 is 0 Å². The molecule has 1 unspecified atom stereocenters. The first-order valence-electron chi connectivity index (χ1n) is 5.21. The molecular weight excluding hydrogens is 190 g/mol. The molecule has 1 saturated carbocycles. The van der Waals surface area contributed by atoms with Gasteiger partial charge in [0.1, 0.15) is 5.66 Å². The molecule has 1 fully saturated rings. The molecule has 0 aromatic carbocycles. The van der Waals surface area contributed by atoms with Gasteiger partial charge in [0.15, 0.2) is 0 Å². The van der Waals surface area contributed by atoms with E-state index in [9.17, 15) is 0 Å². The van der Waals surface area contributed by atoms with Crippen LogP contribution in [0.15, 0.2) is 24.7 Å². The van der Waals surface area contributed by atoms with Crippen LogP contribution in [-0.2, 0) is 7.05 Å². The number of aromatic nitrogens is 2. The van der Waals surface area contributed by atoms with Crippen molar-refractivity contribution in [2.75, 3.05) is 5.01 Å². The van der Waals surface area contributed by atoms with Gasteiger partial charge in [0.05, 0.1) is 11.9 Å². The maximum Gasteiger partial charge on any atom is 0.108 e. The Hall–Kier alpha value is -1.33. The molecule has 3 N–H and O–H groups in total. The van der Waals surface area contributed by atoms with E-state index >= 15 is 0 Å². The van der Waals surface area contributed by atoms with Crippen LogP contribution in [0.4, 0.5) is 5.69 Å². The Morgan fingerprint density at radius 3 is 3.00 bits per heavy atom. The fourth-order valence-electron chi connectivity index (χ4n) is 1.95. The monoisotopic (exact) mass is 205 g/mol. The first-order valence-corrected chi connectivity index (χ1v) is 5.21. The lowest BCUT2D eigenvalue weighted by Gasteiger charge is -2.26. The molecule has 15 heavy (non-hydrogen) atoms. The highest BCUT2D eigenvalue weighted by molar-refractivity contribution is 5.47. The van der Waals surface area contributed by atoms with E-state index in [1.165, 1.54) is 12.8 Å². The van der Waals surface area contributed by atoms with E-state index < -0.39 is 0 Å². The third kappa shape index (κ3) is 1.44. The number of nitrogens with zero attached hydrogens (tertiary/aromatic N) is 3. The van der Waals surface area contributed by atoms with Crippen molar-refractivity contribution in [1.82, 2.24) is 15.2 Å². The standard InChI is InChI=1S/C10H15N5/c1-14-7-9(6-12-14)15-5-4-10(11,13-15)8-2-3-8/h4-8,13H,2-3,11H2,1H3. The average Bonchev–Trinajstić information content (AvgIpc) is 2.88. The summed E-state index contributed by atoms with van der Waals surface area (Å²) in [5.74, 6) is 0.579. The lowest BCUT2D eigenvalue weighted by molar-refractivity contribution is 0.392. The first-order chi connectivity index (χ1) is 7.17. The number of hydrazine groups is 1. The molecule has 1 aliphatic heterocycles. The number of rotatable bonds is 2. The van der Waals surface area contributed by atoms with Gasteiger partial charge in [0.25, 0.3) is 0 Å². The molecule has 1 aliphatic carbocycles. The predicted octanol–water partition coefficient (Wildman–Crippen LogP) is 0.323. The quantitative estimate of drug-likeness (QED) is 0.730. The van der Waals surface area contributed by atoms with Crippen LogP contribution in [0.2, 0.25) is 0 Å². The highest BCUT2D eigenvalue weighted by Gasteiger charge is 2.43. The van der Waals surface area contributed by atoms with Crippen molar-refractivity contribution in [1.29, 1.82) is 0 Å². The predicted molar refractivity (Wildman–Crippen MR) is 57.6 cm³/mol. The van der Waals surface area contributed by atoms with Gasteiger partial charge in [-0.3, -0.25) is 9.69 Å². The number of hydrogen-bond acceptors (Lipinski definition) is 4. The second-order valence-electron chi connectivity index (χ2n) is 4.38. The van der Waals surface area contributed by atoms with Crippen molar-refractivity contribution < 1.29 is 0 Å². The molecule has 5 heteroatoms. The van der Waals surface area contributed by atoms with Crippen LogP contribution in [0.5, 0.6) is 0 Å². The molecular formula is C10H15N5. The smallest absolute Gasteiger partial charge is 0.108 e. The molecule has 1 atom stereocenters. The summed E-state index contributed by atoms with van der Waals surface area (Å²) in [6.45, 7) is 0. The zero-order chi connectivity index (χ0) is 10.5. The summed E-state index contributed by atoms with van der Waals surface area (Å²) in [5.41, 5.74) is 10.2. The van der Waals surface area contributed by atoms with E-state index in [1.807, 2.05) is 36.7 Å². The fraction of sp³-hybridized carbons (Fsp3) is 0.500. The van der Waals surface area contributed by atoms with Gasteiger partial charge in [-0.2, -0.15) is 5.10 Å². The minimum atomic E-state index is -0.351. The molecule has 2 aliphatic rings. The van der Waals surface area contributed by atoms with Gasteiger partial charge in [-0.05, 0) is 24.8 Å². The minimum Gasteiger partial charge on any atom is -0.308 e. The van der Waals surface area contributed by atoms with Crippen LogP contribution in [0.1, 0.15) is 12.8 Å². The fourth-order valence-corrected chi connectivity index (χ4v) is 1.95. The van der Waals surface area contributed by atoms with Crippen LogP contribution in [0.3, 0.4) is 0 Å². The zero-order valence-corrected chi connectivity index (χ0v) is 8.72. The summed E-state index contributed by atoms with van der Waals surface area (Å²) in [7, 11) is 1.90. The van der Waals surface area contributed by atoms with Crippen molar-refractivity contribution >= 4 is 5.69 Å². The Morgan fingerprint density at radius 1 is 1.60 bits per heavy atom. The Kier molecular flexibility index (Phi) is 1.69. The number of nitrogens with two attached hydrogens (primary N) is 1. The van der Waals surface area contributed by atoms with Gasteiger partial charge in [-0.15, -0.1) is 0 Å². The summed E-state index contributed by atoms with van der Waals surface area (Å²) < 4.78 is 1.78. The minimum absolute atomic E-state index is 0.351. The van der Waals surface area contributed by atoms with Gasteiger partial charge in [-0.1, -0.05) is 0 Å². The number of hydrogen-bond donors (Lipinski definition) is 2. The zero-order valence-electron chi connectivity index (χ0n) is 8.72. The van der Waals surface area contributed by atoms with E-state index in [0.717, 1.165) is 5.69 Å². The molecule has 0 amide bonds. The van der Waals surface area contributed by atoms with Crippen molar-refractivity contribution in [3.8, 4) is 0 Å². The number of aryl methyl sites for hydroxylation is 1. The van der Waals surface area contributed by atoms with E-state index in [2.05, 4.69) is 10.5 Å². The van der Waals surface area contributed by atoms with Crippen LogP contribution in [0, 0.1) is 5.92 Å². The number of nitrogens with one attached hydrogen (secondary N) is 1. The summed E-state index contributed by atoms with van der Waals surface area (Å²) >= 11 is 0. The largest absolute Gasteiger partial charge is 0.308 e. The Labute approximate surface area is 88.5 Å². The molecule has 0 radical (unpaired) electrons. The molecule has 1 aromatic heterocycles. The highest BCUT2D eigenvalue weighted by Crippen LogP contribution is 2.39. The SMILES string of the molecule is Cn1cc(N2C=CC(N)(C3CC3)N2)cn1. The van der Waals surface area contributed by atoms with E-state index in [-0.39, 0.29) is 5.66 Å². The van der Waals surface area contributed by atoms with Gasteiger partial charge in [0.2, 0.25) is 0 Å². The number of anilines is 1. The van der Waals surface area contributed by atoms with Crippen LogP contribution in [-0.4, -0.2) is 15.4 Å². The van der Waals surface area contributed by atoms with Gasteiger partial charge < -0.3 is 5.73 Å². The summed E-state index contributed by atoms with van der Waals surface area (Å²) in [4.78, 5) is 0. The summed E-state index contributed by atoms with van der Waals surface area (Å²) in [5, 5.41) is 6.07. The Bertz CT molecular complexity index is 406. The van der Waals surface area contributed by atoms with Crippen molar-refractivity contribution in [3.05, 3.63) is 24.7 Å². The third-order valence-electron chi connectivity index (χ3n) is 3.04. The molecule has 0 spiro atoms. The van der Waals surface area contributed by atoms with E-state index in [1.54, 1.807) is 4.68 Å². The lowest BCUT2D eigenvalue weighted by atomic mass is 10.1. The average molecular weight is 205 g/mol. The topological polar surface area (TPSA) is 59.1 Å². The van der Waals surface area contributed by atoms with Crippen molar-refractivity contribution in [2.45, 2.75) is 18.5 Å². The van der Waals surface area contributed by atoms with E-state index in [4.69, 9.17) is 5.73 Å². The lowest BCUT2D eigenvalue weighted by Crippen LogP contribution is -2.55. The molecule has 0 bridgehead atoms. The van der Waals surface area contributed by atoms with Gasteiger partial charge in [0, 0.05) is 19.4 Å². The van der Waals surface area contributed by atoms with Gasteiger partial charge in [-0.25, -0.2) is 5.43 Å². The van der Waals surface area contributed by atoms with E-state index in [0.29, 0.717) is 5.92 Å². The second kappa shape index (κ2) is 2.84. The third-order valence-corrected chi connectivity index (χ3v) is 3.04. The Morgan fingerprint density at radius 2 is 2.40 bits per heavy atom. The van der Waals surface area contributed by atoms with Crippen LogP contribution in [0.25, 0.3) is 0 Å². The normalized spacial score (nSPS) is 30.1. The maximum absolute atomic E-state index is 6.23. The van der Waals surface area contributed by atoms with Crippen molar-refractivity contribution in [2.24, 2.45) is 18.7 Å². The highest BCUT2D eigenvalue weighted by atomic mass is 15.6. The molecule has 2 heterocycles.